The Morgan fingerprint density at radius 2 is 1.63 bits per heavy atom. The van der Waals surface area contributed by atoms with E-state index in [9.17, 15) is 29.8 Å². The van der Waals surface area contributed by atoms with Gasteiger partial charge in [0.1, 0.15) is 18.4 Å². The van der Waals surface area contributed by atoms with E-state index in [2.05, 4.69) is 5.32 Å². The van der Waals surface area contributed by atoms with Crippen LogP contribution >= 0.6 is 0 Å². The Balaban J connectivity index is 2.22. The van der Waals surface area contributed by atoms with E-state index in [0.29, 0.717) is 23.4 Å². The molecule has 0 saturated heterocycles. The number of aromatic carboxylic acids is 1. The quantitative estimate of drug-likeness (QED) is 0.350. The predicted octanol–water partition coefficient (Wildman–Crippen LogP) is 2.75. The van der Waals surface area contributed by atoms with Gasteiger partial charge >= 0.3 is 11.9 Å². The highest BCUT2D eigenvalue weighted by atomic mass is 16.6. The lowest BCUT2D eigenvalue weighted by Crippen LogP contribution is -2.29. The smallest absolute Gasteiger partial charge is 0.336 e. The standard InChI is InChI=1S/C18H17N3O9/c1-10(18(24)30-9-11-3-5-13(29-2)6-4-11)19-16-14(20(25)26)7-12(17(22)23)8-15(16)21(27)28/h3-8,10,19H,9H2,1-2H3,(H,22,23). The van der Waals surface area contributed by atoms with E-state index in [1.807, 2.05) is 0 Å². The van der Waals surface area contributed by atoms with Crippen molar-refractivity contribution in [3.05, 3.63) is 67.8 Å². The van der Waals surface area contributed by atoms with Gasteiger partial charge in [-0.25, -0.2) is 9.59 Å². The minimum absolute atomic E-state index is 0.100. The molecule has 2 aromatic rings. The molecule has 12 heteroatoms. The molecular weight excluding hydrogens is 402 g/mol. The van der Waals surface area contributed by atoms with E-state index in [1.165, 1.54) is 14.0 Å². The maximum atomic E-state index is 12.2. The summed E-state index contributed by atoms with van der Waals surface area (Å²) in [5.74, 6) is -1.78. The lowest BCUT2D eigenvalue weighted by Gasteiger charge is -2.15. The Morgan fingerprint density at radius 1 is 1.10 bits per heavy atom. The maximum Gasteiger partial charge on any atom is 0.336 e. The van der Waals surface area contributed by atoms with Gasteiger partial charge in [-0.1, -0.05) is 12.1 Å². The summed E-state index contributed by atoms with van der Waals surface area (Å²) in [4.78, 5) is 44.0. The first kappa shape index (κ1) is 22.1. The maximum absolute atomic E-state index is 12.2. The molecule has 0 aromatic heterocycles. The number of carbonyl (C=O) groups excluding carboxylic acids is 1. The number of carboxylic acids is 1. The topological polar surface area (TPSA) is 171 Å². The van der Waals surface area contributed by atoms with Gasteiger partial charge in [-0.05, 0) is 24.6 Å². The van der Waals surface area contributed by atoms with Crippen LogP contribution in [0.2, 0.25) is 0 Å². The summed E-state index contributed by atoms with van der Waals surface area (Å²) in [5.41, 5.74) is -2.27. The zero-order chi connectivity index (χ0) is 22.4. The fraction of sp³-hybridized carbons (Fsp3) is 0.222. The van der Waals surface area contributed by atoms with Crippen LogP contribution in [0.3, 0.4) is 0 Å². The lowest BCUT2D eigenvalue weighted by atomic mass is 10.1. The van der Waals surface area contributed by atoms with Crippen LogP contribution in [0.5, 0.6) is 5.75 Å². The van der Waals surface area contributed by atoms with E-state index in [4.69, 9.17) is 14.6 Å². The van der Waals surface area contributed by atoms with Crippen LogP contribution in [-0.2, 0) is 16.1 Å². The third kappa shape index (κ3) is 5.19. The molecule has 0 spiro atoms. The second-order valence-electron chi connectivity index (χ2n) is 6.03. The van der Waals surface area contributed by atoms with Crippen molar-refractivity contribution in [2.24, 2.45) is 0 Å². The highest BCUT2D eigenvalue weighted by Gasteiger charge is 2.31. The number of anilines is 1. The highest BCUT2D eigenvalue weighted by Crippen LogP contribution is 2.36. The molecule has 30 heavy (non-hydrogen) atoms. The van der Waals surface area contributed by atoms with E-state index in [1.54, 1.807) is 24.3 Å². The van der Waals surface area contributed by atoms with Gasteiger partial charge in [-0.15, -0.1) is 0 Å². The number of benzene rings is 2. The third-order valence-electron chi connectivity index (χ3n) is 3.99. The van der Waals surface area contributed by atoms with Crippen LogP contribution in [0.4, 0.5) is 17.1 Å². The Kier molecular flexibility index (Phi) is 6.86. The van der Waals surface area contributed by atoms with E-state index >= 15 is 0 Å². The number of nitrogens with zero attached hydrogens (tertiary/aromatic N) is 2. The number of nitrogens with one attached hydrogen (secondary N) is 1. The lowest BCUT2D eigenvalue weighted by molar-refractivity contribution is -0.392. The van der Waals surface area contributed by atoms with Crippen molar-refractivity contribution in [3.63, 3.8) is 0 Å². The van der Waals surface area contributed by atoms with Crippen LogP contribution in [0.15, 0.2) is 36.4 Å². The number of carbonyl (C=O) groups is 2. The number of nitro benzene ring substituents is 2. The minimum atomic E-state index is -1.57. The van der Waals surface area contributed by atoms with Crippen molar-refractivity contribution in [3.8, 4) is 5.75 Å². The Hall–Kier alpha value is -4.22. The highest BCUT2D eigenvalue weighted by molar-refractivity contribution is 5.93. The molecule has 158 valence electrons. The number of nitro groups is 2. The SMILES string of the molecule is COc1ccc(COC(=O)C(C)Nc2c([N+](=O)[O-])cc(C(=O)O)cc2[N+](=O)[O-])cc1. The van der Waals surface area contributed by atoms with Gasteiger partial charge in [0.2, 0.25) is 0 Å². The van der Waals surface area contributed by atoms with Crippen LogP contribution in [0.1, 0.15) is 22.8 Å². The molecule has 0 saturated carbocycles. The molecule has 2 aromatic carbocycles. The summed E-state index contributed by atoms with van der Waals surface area (Å²) in [6.45, 7) is 1.20. The number of rotatable bonds is 9. The largest absolute Gasteiger partial charge is 0.497 e. The molecule has 0 heterocycles. The summed E-state index contributed by atoms with van der Waals surface area (Å²) >= 11 is 0. The molecule has 0 radical (unpaired) electrons. The second kappa shape index (κ2) is 9.32. The molecule has 0 aliphatic rings. The van der Waals surface area contributed by atoms with Crippen molar-refractivity contribution < 1.29 is 34.0 Å². The zero-order valence-corrected chi connectivity index (χ0v) is 15.9. The summed E-state index contributed by atoms with van der Waals surface area (Å²) in [6, 6.07) is 6.83. The van der Waals surface area contributed by atoms with Crippen molar-refractivity contribution in [2.75, 3.05) is 12.4 Å². The Morgan fingerprint density at radius 3 is 2.07 bits per heavy atom. The molecular formula is C18H17N3O9. The number of hydrogen-bond donors (Lipinski definition) is 2. The van der Waals surface area contributed by atoms with Crippen molar-refractivity contribution >= 4 is 29.0 Å². The molecule has 2 N–H and O–H groups in total. The molecule has 12 nitrogen and oxygen atoms in total. The van der Waals surface area contributed by atoms with Crippen molar-refractivity contribution in [2.45, 2.75) is 19.6 Å². The Labute approximate surface area is 169 Å². The summed E-state index contributed by atoms with van der Waals surface area (Å²) < 4.78 is 10.1. The van der Waals surface area contributed by atoms with Gasteiger partial charge < -0.3 is 19.9 Å². The van der Waals surface area contributed by atoms with Gasteiger partial charge in [0, 0.05) is 12.1 Å². The average molecular weight is 419 g/mol. The van der Waals surface area contributed by atoms with Crippen LogP contribution in [-0.4, -0.2) is 40.0 Å². The Bertz CT molecular complexity index is 954. The van der Waals surface area contributed by atoms with Gasteiger partial charge in [0.15, 0.2) is 5.69 Å². The first-order valence-electron chi connectivity index (χ1n) is 8.40. The van der Waals surface area contributed by atoms with Crippen LogP contribution < -0.4 is 10.1 Å². The second-order valence-corrected chi connectivity index (χ2v) is 6.03. The summed E-state index contributed by atoms with van der Waals surface area (Å²) in [7, 11) is 1.50. The molecule has 0 aliphatic carbocycles. The predicted molar refractivity (Wildman–Crippen MR) is 103 cm³/mol. The molecule has 0 fully saturated rings. The van der Waals surface area contributed by atoms with E-state index in [0.717, 1.165) is 0 Å². The van der Waals surface area contributed by atoms with E-state index < -0.39 is 50.5 Å². The summed E-state index contributed by atoms with van der Waals surface area (Å²) in [5, 5.41) is 34.0. The monoisotopic (exact) mass is 419 g/mol. The first-order valence-corrected chi connectivity index (χ1v) is 8.40. The third-order valence-corrected chi connectivity index (χ3v) is 3.99. The molecule has 1 unspecified atom stereocenters. The number of carboxylic acid groups (broad SMARTS) is 1. The molecule has 0 bridgehead atoms. The average Bonchev–Trinajstić information content (AvgIpc) is 2.71. The fourth-order valence-corrected chi connectivity index (χ4v) is 2.45. The minimum Gasteiger partial charge on any atom is -0.497 e. The normalized spacial score (nSPS) is 11.3. The van der Waals surface area contributed by atoms with Crippen LogP contribution in [0, 0.1) is 20.2 Å². The number of ether oxygens (including phenoxy) is 2. The number of esters is 1. The zero-order valence-electron chi connectivity index (χ0n) is 15.9. The fourth-order valence-electron chi connectivity index (χ4n) is 2.45. The van der Waals surface area contributed by atoms with Crippen molar-refractivity contribution in [1.82, 2.24) is 0 Å². The van der Waals surface area contributed by atoms with Crippen molar-refractivity contribution in [1.29, 1.82) is 0 Å². The number of hydrogen-bond acceptors (Lipinski definition) is 9. The van der Waals surface area contributed by atoms with Gasteiger partial charge in [-0.2, -0.15) is 0 Å². The molecule has 0 amide bonds. The number of methoxy groups -OCH3 is 1. The van der Waals surface area contributed by atoms with Gasteiger partial charge in [0.05, 0.1) is 22.5 Å². The van der Waals surface area contributed by atoms with Crippen LogP contribution in [0.25, 0.3) is 0 Å². The van der Waals surface area contributed by atoms with Gasteiger partial charge in [0.25, 0.3) is 11.4 Å². The molecule has 0 aliphatic heterocycles. The van der Waals surface area contributed by atoms with E-state index in [-0.39, 0.29) is 6.61 Å². The van der Waals surface area contributed by atoms with Gasteiger partial charge in [-0.3, -0.25) is 20.2 Å². The molecule has 1 atom stereocenters. The first-order chi connectivity index (χ1) is 14.1. The molecule has 2 rings (SSSR count). The summed E-state index contributed by atoms with van der Waals surface area (Å²) in [6.07, 6.45) is 0.